The summed E-state index contributed by atoms with van der Waals surface area (Å²) in [5.41, 5.74) is 1.76. The van der Waals surface area contributed by atoms with E-state index in [1.54, 1.807) is 16.4 Å². The highest BCUT2D eigenvalue weighted by molar-refractivity contribution is 5.85. The summed E-state index contributed by atoms with van der Waals surface area (Å²) in [7, 11) is 1.64. The summed E-state index contributed by atoms with van der Waals surface area (Å²) in [6.07, 6.45) is 1.98. The monoisotopic (exact) mass is 400 g/mol. The highest BCUT2D eigenvalue weighted by Gasteiger charge is 2.24. The van der Waals surface area contributed by atoms with Crippen LogP contribution in [0, 0.1) is 0 Å². The smallest absolute Gasteiger partial charge is 0.350 e. The van der Waals surface area contributed by atoms with E-state index in [0.717, 1.165) is 48.8 Å². The van der Waals surface area contributed by atoms with Crippen molar-refractivity contribution in [2.24, 2.45) is 0 Å². The van der Waals surface area contributed by atoms with Crippen LogP contribution in [-0.2, 0) is 6.54 Å². The quantitative estimate of drug-likeness (QED) is 0.715. The first-order valence-electron chi connectivity index (χ1n) is 9.35. The van der Waals surface area contributed by atoms with Gasteiger partial charge in [0.1, 0.15) is 11.6 Å². The second kappa shape index (κ2) is 9.08. The molecule has 0 bridgehead atoms. The molecule has 1 aliphatic heterocycles. The second-order valence-electron chi connectivity index (χ2n) is 6.85. The molecule has 0 saturated carbocycles. The van der Waals surface area contributed by atoms with Crippen molar-refractivity contribution in [3.63, 3.8) is 0 Å². The summed E-state index contributed by atoms with van der Waals surface area (Å²) in [5.74, 6) is 1.92. The minimum absolute atomic E-state index is 0. The van der Waals surface area contributed by atoms with E-state index in [9.17, 15) is 4.79 Å². The molecular weight excluding hydrogens is 376 g/mol. The highest BCUT2D eigenvalue weighted by Crippen LogP contribution is 2.25. The summed E-state index contributed by atoms with van der Waals surface area (Å²) in [6, 6.07) is 17.5. The lowest BCUT2D eigenvalue weighted by molar-refractivity contribution is 0.414. The Morgan fingerprint density at radius 2 is 1.86 bits per heavy atom. The van der Waals surface area contributed by atoms with Crippen molar-refractivity contribution >= 4 is 12.4 Å². The van der Waals surface area contributed by atoms with Crippen molar-refractivity contribution < 1.29 is 4.74 Å². The molecule has 1 saturated heterocycles. The van der Waals surface area contributed by atoms with Gasteiger partial charge in [0.2, 0.25) is 0 Å². The molecule has 0 amide bonds. The topological polar surface area (TPSA) is 61.1 Å². The Morgan fingerprint density at radius 3 is 2.57 bits per heavy atom. The molecule has 0 radical (unpaired) electrons. The largest absolute Gasteiger partial charge is 0.497 e. The number of nitrogens with one attached hydrogen (secondary N) is 1. The zero-order chi connectivity index (χ0) is 18.6. The van der Waals surface area contributed by atoms with Crippen LogP contribution in [0.2, 0.25) is 0 Å². The molecule has 1 N–H and O–H groups in total. The standard InChI is InChI=1S/C21H24N4O2.ClH/c1-27-19-9-5-6-16(14-19)15-24-21(26)25(18-7-3-2-4-8-18)20(23-24)17-10-12-22-13-11-17;/h2-9,14,17,22H,10-13,15H2,1H3;1H. The number of halogens is 1. The number of ether oxygens (including phenoxy) is 1. The van der Waals surface area contributed by atoms with Crippen LogP contribution in [0.25, 0.3) is 5.69 Å². The molecule has 3 aromatic rings. The van der Waals surface area contributed by atoms with E-state index in [4.69, 9.17) is 9.84 Å². The molecule has 0 atom stereocenters. The van der Waals surface area contributed by atoms with E-state index >= 15 is 0 Å². The van der Waals surface area contributed by atoms with Crippen LogP contribution in [0.4, 0.5) is 0 Å². The minimum atomic E-state index is -0.0995. The van der Waals surface area contributed by atoms with Gasteiger partial charge >= 0.3 is 5.69 Å². The molecule has 4 rings (SSSR count). The molecule has 0 spiro atoms. The van der Waals surface area contributed by atoms with Crippen LogP contribution in [-0.4, -0.2) is 34.5 Å². The van der Waals surface area contributed by atoms with Gasteiger partial charge in [-0.2, -0.15) is 5.10 Å². The molecule has 7 heteroatoms. The van der Waals surface area contributed by atoms with E-state index in [2.05, 4.69) is 5.32 Å². The van der Waals surface area contributed by atoms with Crippen molar-refractivity contribution in [1.82, 2.24) is 19.7 Å². The number of benzene rings is 2. The van der Waals surface area contributed by atoms with Crippen molar-refractivity contribution in [3.8, 4) is 11.4 Å². The van der Waals surface area contributed by atoms with Gasteiger partial charge in [-0.25, -0.2) is 14.0 Å². The summed E-state index contributed by atoms with van der Waals surface area (Å²) in [5, 5.41) is 8.14. The average Bonchev–Trinajstić information content (AvgIpc) is 3.05. The van der Waals surface area contributed by atoms with Crippen LogP contribution < -0.4 is 15.7 Å². The van der Waals surface area contributed by atoms with Gasteiger partial charge in [0.25, 0.3) is 0 Å². The Hall–Kier alpha value is -2.57. The number of hydrogen-bond acceptors (Lipinski definition) is 4. The molecule has 6 nitrogen and oxygen atoms in total. The third-order valence-electron chi connectivity index (χ3n) is 5.05. The van der Waals surface area contributed by atoms with Gasteiger partial charge in [0.15, 0.2) is 0 Å². The zero-order valence-electron chi connectivity index (χ0n) is 15.9. The molecule has 2 aromatic carbocycles. The number of rotatable bonds is 5. The van der Waals surface area contributed by atoms with E-state index in [0.29, 0.717) is 6.54 Å². The summed E-state index contributed by atoms with van der Waals surface area (Å²) < 4.78 is 8.64. The van der Waals surface area contributed by atoms with Gasteiger partial charge in [-0.15, -0.1) is 12.4 Å². The maximum absolute atomic E-state index is 13.2. The molecule has 1 aliphatic rings. The first kappa shape index (κ1) is 20.2. The summed E-state index contributed by atoms with van der Waals surface area (Å²) in [6.45, 7) is 2.33. The number of piperidine rings is 1. The predicted molar refractivity (Wildman–Crippen MR) is 112 cm³/mol. The van der Waals surface area contributed by atoms with Crippen LogP contribution in [0.3, 0.4) is 0 Å². The third-order valence-corrected chi connectivity index (χ3v) is 5.05. The van der Waals surface area contributed by atoms with Gasteiger partial charge in [0.05, 0.1) is 19.3 Å². The Balaban J connectivity index is 0.00000225. The zero-order valence-corrected chi connectivity index (χ0v) is 16.7. The Labute approximate surface area is 170 Å². The SMILES string of the molecule is COc1cccc(Cn2nc(C3CCNCC3)n(-c3ccccc3)c2=O)c1.Cl. The van der Waals surface area contributed by atoms with Crippen molar-refractivity contribution in [1.29, 1.82) is 0 Å². The lowest BCUT2D eigenvalue weighted by Gasteiger charge is -2.22. The van der Waals surface area contributed by atoms with Crippen LogP contribution in [0.5, 0.6) is 5.75 Å². The Morgan fingerprint density at radius 1 is 1.11 bits per heavy atom. The molecule has 28 heavy (non-hydrogen) atoms. The molecule has 2 heterocycles. The predicted octanol–water partition coefficient (Wildman–Crippen LogP) is 2.98. The lowest BCUT2D eigenvalue weighted by Crippen LogP contribution is -2.29. The third kappa shape index (κ3) is 4.13. The first-order valence-corrected chi connectivity index (χ1v) is 9.35. The summed E-state index contributed by atoms with van der Waals surface area (Å²) in [4.78, 5) is 13.2. The normalized spacial score (nSPS) is 14.5. The lowest BCUT2D eigenvalue weighted by atomic mass is 9.97. The van der Waals surface area contributed by atoms with Crippen molar-refractivity contribution in [2.75, 3.05) is 20.2 Å². The molecule has 1 aromatic heterocycles. The number of para-hydroxylation sites is 1. The van der Waals surface area contributed by atoms with Gasteiger partial charge in [-0.05, 0) is 55.8 Å². The van der Waals surface area contributed by atoms with E-state index in [1.165, 1.54) is 0 Å². The van der Waals surface area contributed by atoms with E-state index in [1.807, 2.05) is 54.6 Å². The fraction of sp³-hybridized carbons (Fsp3) is 0.333. The molecule has 148 valence electrons. The minimum Gasteiger partial charge on any atom is -0.497 e. The fourth-order valence-corrected chi connectivity index (χ4v) is 3.64. The molecule has 0 unspecified atom stereocenters. The number of hydrogen-bond donors (Lipinski definition) is 1. The van der Waals surface area contributed by atoms with Crippen molar-refractivity contribution in [3.05, 3.63) is 76.5 Å². The molecular formula is C21H25ClN4O2. The second-order valence-corrected chi connectivity index (χ2v) is 6.85. The van der Waals surface area contributed by atoms with Gasteiger partial charge in [-0.1, -0.05) is 30.3 Å². The van der Waals surface area contributed by atoms with E-state index < -0.39 is 0 Å². The summed E-state index contributed by atoms with van der Waals surface area (Å²) >= 11 is 0. The highest BCUT2D eigenvalue weighted by atomic mass is 35.5. The Kier molecular flexibility index (Phi) is 6.54. The average molecular weight is 401 g/mol. The van der Waals surface area contributed by atoms with Gasteiger partial charge in [-0.3, -0.25) is 0 Å². The molecule has 1 fully saturated rings. The maximum Gasteiger partial charge on any atom is 0.350 e. The van der Waals surface area contributed by atoms with Crippen LogP contribution in [0.15, 0.2) is 59.4 Å². The maximum atomic E-state index is 13.2. The number of aromatic nitrogens is 3. The molecule has 0 aliphatic carbocycles. The van der Waals surface area contributed by atoms with Crippen LogP contribution >= 0.6 is 12.4 Å². The first-order chi connectivity index (χ1) is 13.3. The van der Waals surface area contributed by atoms with Crippen molar-refractivity contribution in [2.45, 2.75) is 25.3 Å². The number of nitrogens with zero attached hydrogens (tertiary/aromatic N) is 3. The van der Waals surface area contributed by atoms with Gasteiger partial charge < -0.3 is 10.1 Å². The Bertz CT molecular complexity index is 962. The van der Waals surface area contributed by atoms with Gasteiger partial charge in [0, 0.05) is 5.92 Å². The fourth-order valence-electron chi connectivity index (χ4n) is 3.64. The number of methoxy groups -OCH3 is 1. The van der Waals surface area contributed by atoms with Crippen LogP contribution in [0.1, 0.15) is 30.1 Å². The van der Waals surface area contributed by atoms with E-state index in [-0.39, 0.29) is 24.0 Å².